The number of hydrogen-bond acceptors (Lipinski definition) is 3. The second-order valence-corrected chi connectivity index (χ2v) is 14.5. The zero-order chi connectivity index (χ0) is 37.0. The molecule has 56 heavy (non-hydrogen) atoms. The molecule has 0 N–H and O–H groups in total. The Balaban J connectivity index is 1.01. The Morgan fingerprint density at radius 2 is 0.536 bits per heavy atom. The maximum atomic E-state index is 5.17. The van der Waals surface area contributed by atoms with E-state index in [-0.39, 0.29) is 0 Å². The van der Waals surface area contributed by atoms with Gasteiger partial charge in [0.05, 0.1) is 0 Å². The zero-order valence-electron chi connectivity index (χ0n) is 30.4. The van der Waals surface area contributed by atoms with E-state index in [2.05, 4.69) is 200 Å². The van der Waals surface area contributed by atoms with Crippen LogP contribution in [0.15, 0.2) is 200 Å². The lowest BCUT2D eigenvalue weighted by Gasteiger charge is -2.12. The number of rotatable bonds is 5. The third-order valence-corrected chi connectivity index (χ3v) is 11.0. The van der Waals surface area contributed by atoms with Crippen LogP contribution in [0.4, 0.5) is 0 Å². The normalized spacial score (nSPS) is 11.6. The topological polar surface area (TPSA) is 38.7 Å². The molecule has 3 heteroatoms. The first kappa shape index (κ1) is 32.0. The molecule has 11 aromatic rings. The van der Waals surface area contributed by atoms with Crippen molar-refractivity contribution in [1.82, 2.24) is 15.0 Å². The largest absolute Gasteiger partial charge is 0.208 e. The molecule has 11 rings (SSSR count). The Kier molecular flexibility index (Phi) is 7.49. The summed E-state index contributed by atoms with van der Waals surface area (Å²) >= 11 is 0. The van der Waals surface area contributed by atoms with Crippen LogP contribution in [0.5, 0.6) is 0 Å². The molecule has 0 fully saturated rings. The van der Waals surface area contributed by atoms with E-state index in [1.54, 1.807) is 0 Å². The molecule has 1 heterocycles. The van der Waals surface area contributed by atoms with Gasteiger partial charge in [0.2, 0.25) is 0 Å². The van der Waals surface area contributed by atoms with Crippen molar-refractivity contribution in [2.24, 2.45) is 0 Å². The van der Waals surface area contributed by atoms with E-state index in [1.807, 2.05) is 0 Å². The predicted molar refractivity (Wildman–Crippen MR) is 235 cm³/mol. The molecule has 0 saturated heterocycles. The summed E-state index contributed by atoms with van der Waals surface area (Å²) in [5.74, 6) is 1.93. The van der Waals surface area contributed by atoms with E-state index >= 15 is 0 Å². The van der Waals surface area contributed by atoms with Crippen molar-refractivity contribution >= 4 is 53.9 Å². The Bertz CT molecular complexity index is 3330. The molecular formula is C53H33N3. The molecule has 0 unspecified atom stereocenters. The summed E-state index contributed by atoms with van der Waals surface area (Å²) in [6, 6.07) is 71.4. The molecule has 260 valence electrons. The molecule has 3 nitrogen and oxygen atoms in total. The Hall–Kier alpha value is -7.49. The molecular weight excluding hydrogens is 679 g/mol. The lowest BCUT2D eigenvalue weighted by Crippen LogP contribution is -2.00. The van der Waals surface area contributed by atoms with Gasteiger partial charge in [-0.3, -0.25) is 0 Å². The predicted octanol–water partition coefficient (Wildman–Crippen LogP) is 14.0. The van der Waals surface area contributed by atoms with Gasteiger partial charge in [-0.05, 0) is 113 Å². The van der Waals surface area contributed by atoms with Crippen molar-refractivity contribution in [3.05, 3.63) is 200 Å². The van der Waals surface area contributed by atoms with Gasteiger partial charge in [-0.15, -0.1) is 0 Å². The van der Waals surface area contributed by atoms with Crippen LogP contribution in [-0.2, 0) is 0 Å². The second-order valence-electron chi connectivity index (χ2n) is 14.5. The summed E-state index contributed by atoms with van der Waals surface area (Å²) < 4.78 is 0. The third-order valence-electron chi connectivity index (χ3n) is 11.0. The van der Waals surface area contributed by atoms with E-state index < -0.39 is 0 Å². The second kappa shape index (κ2) is 13.1. The quantitative estimate of drug-likeness (QED) is 0.167. The Morgan fingerprint density at radius 1 is 0.196 bits per heavy atom. The van der Waals surface area contributed by atoms with Crippen molar-refractivity contribution in [2.45, 2.75) is 0 Å². The summed E-state index contributed by atoms with van der Waals surface area (Å²) in [5.41, 5.74) is 7.52. The minimum absolute atomic E-state index is 0.638. The van der Waals surface area contributed by atoms with E-state index in [0.29, 0.717) is 17.5 Å². The highest BCUT2D eigenvalue weighted by Gasteiger charge is 2.15. The van der Waals surface area contributed by atoms with Gasteiger partial charge in [0.1, 0.15) is 0 Å². The van der Waals surface area contributed by atoms with Crippen LogP contribution in [-0.4, -0.2) is 15.0 Å². The van der Waals surface area contributed by atoms with Crippen LogP contribution in [0.25, 0.3) is 110 Å². The van der Waals surface area contributed by atoms with Crippen molar-refractivity contribution in [2.75, 3.05) is 0 Å². The monoisotopic (exact) mass is 711 g/mol. The smallest absolute Gasteiger partial charge is 0.164 e. The zero-order valence-corrected chi connectivity index (χ0v) is 30.4. The van der Waals surface area contributed by atoms with Crippen LogP contribution in [0, 0.1) is 0 Å². The van der Waals surface area contributed by atoms with Crippen molar-refractivity contribution in [1.29, 1.82) is 0 Å². The maximum absolute atomic E-state index is 5.17. The van der Waals surface area contributed by atoms with Crippen molar-refractivity contribution < 1.29 is 0 Å². The summed E-state index contributed by atoms with van der Waals surface area (Å²) in [4.78, 5) is 15.4. The van der Waals surface area contributed by atoms with Gasteiger partial charge in [0.25, 0.3) is 0 Å². The number of fused-ring (bicyclic) bond motifs is 6. The van der Waals surface area contributed by atoms with Crippen LogP contribution >= 0.6 is 0 Å². The molecule has 0 atom stereocenters. The Morgan fingerprint density at radius 3 is 1.12 bits per heavy atom. The van der Waals surface area contributed by atoms with E-state index in [4.69, 9.17) is 15.0 Å². The van der Waals surface area contributed by atoms with Crippen molar-refractivity contribution in [3.63, 3.8) is 0 Å². The molecule has 0 aliphatic heterocycles. The van der Waals surface area contributed by atoms with Crippen LogP contribution in [0.3, 0.4) is 0 Å². The minimum atomic E-state index is 0.638. The fourth-order valence-electron chi connectivity index (χ4n) is 8.04. The molecule has 0 spiro atoms. The Labute approximate surface area is 324 Å². The van der Waals surface area contributed by atoms with Gasteiger partial charge in [-0.25, -0.2) is 15.0 Å². The standard InChI is InChI=1S/C53H33N3/c1-3-11-38-28-42(21-16-34(38)8-1)44-25-24-43-29-41(22-23-45(43)30-44)40-13-7-14-46(32-40)51-54-52(47-26-17-35-9-2-4-12-39(35)31-47)56-53(55-51)48-27-20-37-19-18-36-10-5-6-15-49(36)50(37)33-48/h1-33H. The van der Waals surface area contributed by atoms with Gasteiger partial charge >= 0.3 is 0 Å². The molecule has 0 aliphatic carbocycles. The molecule has 10 aromatic carbocycles. The molecule has 0 amide bonds. The van der Waals surface area contributed by atoms with E-state index in [9.17, 15) is 0 Å². The molecule has 0 saturated carbocycles. The molecule has 1 aromatic heterocycles. The number of nitrogens with zero attached hydrogens (tertiary/aromatic N) is 3. The summed E-state index contributed by atoms with van der Waals surface area (Å²) in [7, 11) is 0. The summed E-state index contributed by atoms with van der Waals surface area (Å²) in [5, 5.41) is 12.0. The molecule has 0 radical (unpaired) electrons. The summed E-state index contributed by atoms with van der Waals surface area (Å²) in [6.45, 7) is 0. The van der Waals surface area contributed by atoms with Gasteiger partial charge < -0.3 is 0 Å². The SMILES string of the molecule is c1cc(-c2ccc3cc(-c4ccc5ccccc5c4)ccc3c2)cc(-c2nc(-c3ccc4ccccc4c3)nc(-c3ccc4ccc5ccccc5c4c3)n2)c1. The number of benzene rings is 10. The first-order chi connectivity index (χ1) is 27.7. The van der Waals surface area contributed by atoms with Gasteiger partial charge in [0.15, 0.2) is 17.5 Å². The third kappa shape index (κ3) is 5.74. The number of hydrogen-bond donors (Lipinski definition) is 0. The number of aromatic nitrogens is 3. The lowest BCUT2D eigenvalue weighted by atomic mass is 9.96. The highest BCUT2D eigenvalue weighted by Crippen LogP contribution is 2.34. The van der Waals surface area contributed by atoms with Gasteiger partial charge in [-0.1, -0.05) is 164 Å². The fraction of sp³-hybridized carbons (Fsp3) is 0. The first-order valence-corrected chi connectivity index (χ1v) is 19.0. The highest BCUT2D eigenvalue weighted by molar-refractivity contribution is 6.08. The van der Waals surface area contributed by atoms with Crippen LogP contribution in [0.1, 0.15) is 0 Å². The maximum Gasteiger partial charge on any atom is 0.164 e. The average molecular weight is 712 g/mol. The lowest BCUT2D eigenvalue weighted by molar-refractivity contribution is 1.08. The van der Waals surface area contributed by atoms with Gasteiger partial charge in [0, 0.05) is 16.7 Å². The van der Waals surface area contributed by atoms with Gasteiger partial charge in [-0.2, -0.15) is 0 Å². The molecule has 0 bridgehead atoms. The summed E-state index contributed by atoms with van der Waals surface area (Å²) in [6.07, 6.45) is 0. The van der Waals surface area contributed by atoms with E-state index in [0.717, 1.165) is 33.2 Å². The molecule has 0 aliphatic rings. The van der Waals surface area contributed by atoms with Crippen LogP contribution < -0.4 is 0 Å². The van der Waals surface area contributed by atoms with Crippen molar-refractivity contribution in [3.8, 4) is 56.4 Å². The highest BCUT2D eigenvalue weighted by atomic mass is 15.0. The fourth-order valence-corrected chi connectivity index (χ4v) is 8.04. The van der Waals surface area contributed by atoms with E-state index in [1.165, 1.54) is 59.6 Å². The van der Waals surface area contributed by atoms with Crippen LogP contribution in [0.2, 0.25) is 0 Å². The minimum Gasteiger partial charge on any atom is -0.208 e. The average Bonchev–Trinajstić information content (AvgIpc) is 3.28. The first-order valence-electron chi connectivity index (χ1n) is 19.0.